The molecule has 1 N–H and O–H groups in total. The van der Waals surface area contributed by atoms with E-state index in [0.29, 0.717) is 12.6 Å². The SMILES string of the molecule is CC(C)NCCCOc1ccc(OCc2ccccc2)cc1. The molecule has 3 nitrogen and oxygen atoms in total. The van der Waals surface area contributed by atoms with Crippen LogP contribution in [0.4, 0.5) is 0 Å². The highest BCUT2D eigenvalue weighted by Gasteiger charge is 1.98. The van der Waals surface area contributed by atoms with E-state index in [1.165, 1.54) is 5.56 Å². The fourth-order valence-corrected chi connectivity index (χ4v) is 2.03. The van der Waals surface area contributed by atoms with E-state index < -0.39 is 0 Å². The van der Waals surface area contributed by atoms with Crippen LogP contribution < -0.4 is 14.8 Å². The van der Waals surface area contributed by atoms with Gasteiger partial charge in [-0.2, -0.15) is 0 Å². The molecule has 0 saturated heterocycles. The Bertz CT molecular complexity index is 523. The molecule has 0 aliphatic rings. The molecule has 0 fully saturated rings. The molecule has 0 bridgehead atoms. The first-order valence-electron chi connectivity index (χ1n) is 7.87. The van der Waals surface area contributed by atoms with Crippen molar-refractivity contribution >= 4 is 0 Å². The molecule has 0 heterocycles. The average molecular weight is 299 g/mol. The maximum Gasteiger partial charge on any atom is 0.120 e. The topological polar surface area (TPSA) is 30.5 Å². The van der Waals surface area contributed by atoms with Crippen LogP contribution in [0.1, 0.15) is 25.8 Å². The minimum Gasteiger partial charge on any atom is -0.494 e. The van der Waals surface area contributed by atoms with Crippen molar-refractivity contribution in [3.05, 3.63) is 60.2 Å². The van der Waals surface area contributed by atoms with Crippen LogP contribution >= 0.6 is 0 Å². The van der Waals surface area contributed by atoms with Crippen molar-refractivity contribution in [1.29, 1.82) is 0 Å². The van der Waals surface area contributed by atoms with Crippen LogP contribution in [0.2, 0.25) is 0 Å². The van der Waals surface area contributed by atoms with Crippen LogP contribution in [0.3, 0.4) is 0 Å². The second-order valence-electron chi connectivity index (χ2n) is 5.56. The van der Waals surface area contributed by atoms with Gasteiger partial charge in [-0.25, -0.2) is 0 Å². The summed E-state index contributed by atoms with van der Waals surface area (Å²) in [5.41, 5.74) is 1.17. The number of hydrogen-bond acceptors (Lipinski definition) is 3. The predicted molar refractivity (Wildman–Crippen MR) is 90.5 cm³/mol. The van der Waals surface area contributed by atoms with Gasteiger partial charge in [0, 0.05) is 6.04 Å². The Morgan fingerprint density at radius 3 is 2.14 bits per heavy atom. The molecular formula is C19H25NO2. The van der Waals surface area contributed by atoms with Crippen molar-refractivity contribution in [2.75, 3.05) is 13.2 Å². The summed E-state index contributed by atoms with van der Waals surface area (Å²) < 4.78 is 11.5. The van der Waals surface area contributed by atoms with Gasteiger partial charge in [0.1, 0.15) is 18.1 Å². The van der Waals surface area contributed by atoms with Gasteiger partial charge in [-0.1, -0.05) is 44.2 Å². The lowest BCUT2D eigenvalue weighted by molar-refractivity contribution is 0.297. The Kier molecular flexibility index (Phi) is 6.78. The number of hydrogen-bond donors (Lipinski definition) is 1. The van der Waals surface area contributed by atoms with Gasteiger partial charge in [0.15, 0.2) is 0 Å². The lowest BCUT2D eigenvalue weighted by atomic mass is 10.2. The van der Waals surface area contributed by atoms with Crippen LogP contribution in [0.5, 0.6) is 11.5 Å². The standard InChI is InChI=1S/C19H25NO2/c1-16(2)20-13-6-14-21-18-9-11-19(12-10-18)22-15-17-7-4-3-5-8-17/h3-5,7-12,16,20H,6,13-15H2,1-2H3. The summed E-state index contributed by atoms with van der Waals surface area (Å²) in [6, 6.07) is 18.5. The third kappa shape index (κ3) is 6.19. The second kappa shape index (κ2) is 9.11. The molecule has 0 amide bonds. The molecule has 2 rings (SSSR count). The first-order chi connectivity index (χ1) is 10.7. The lowest BCUT2D eigenvalue weighted by Gasteiger charge is -2.10. The zero-order valence-corrected chi connectivity index (χ0v) is 13.4. The van der Waals surface area contributed by atoms with Gasteiger partial charge in [0.05, 0.1) is 6.61 Å². The van der Waals surface area contributed by atoms with Crippen molar-refractivity contribution in [2.24, 2.45) is 0 Å². The Hall–Kier alpha value is -2.00. The Labute approximate surface area is 133 Å². The van der Waals surface area contributed by atoms with E-state index in [4.69, 9.17) is 9.47 Å². The number of rotatable bonds is 9. The molecule has 22 heavy (non-hydrogen) atoms. The third-order valence-electron chi connectivity index (χ3n) is 3.21. The zero-order valence-electron chi connectivity index (χ0n) is 13.4. The van der Waals surface area contributed by atoms with Crippen LogP contribution in [0.15, 0.2) is 54.6 Å². The van der Waals surface area contributed by atoms with E-state index in [2.05, 4.69) is 31.3 Å². The normalized spacial score (nSPS) is 10.7. The molecule has 0 spiro atoms. The molecule has 118 valence electrons. The fourth-order valence-electron chi connectivity index (χ4n) is 2.03. The molecule has 3 heteroatoms. The molecule has 2 aromatic carbocycles. The quantitative estimate of drug-likeness (QED) is 0.709. The predicted octanol–water partition coefficient (Wildman–Crippen LogP) is 4.03. The van der Waals surface area contributed by atoms with Crippen LogP contribution in [-0.4, -0.2) is 19.2 Å². The highest BCUT2D eigenvalue weighted by molar-refractivity contribution is 5.31. The smallest absolute Gasteiger partial charge is 0.120 e. The highest BCUT2D eigenvalue weighted by atomic mass is 16.5. The van der Waals surface area contributed by atoms with Gasteiger partial charge in [0.2, 0.25) is 0 Å². The number of benzene rings is 2. The molecule has 0 saturated carbocycles. The monoisotopic (exact) mass is 299 g/mol. The van der Waals surface area contributed by atoms with E-state index in [9.17, 15) is 0 Å². The summed E-state index contributed by atoms with van der Waals surface area (Å²) in [6.45, 7) is 6.59. The molecule has 0 radical (unpaired) electrons. The van der Waals surface area contributed by atoms with E-state index in [1.807, 2.05) is 42.5 Å². The van der Waals surface area contributed by atoms with Crippen molar-refractivity contribution < 1.29 is 9.47 Å². The van der Waals surface area contributed by atoms with Crippen molar-refractivity contribution in [2.45, 2.75) is 32.9 Å². The van der Waals surface area contributed by atoms with Gasteiger partial charge in [0.25, 0.3) is 0 Å². The number of ether oxygens (including phenoxy) is 2. The molecule has 0 unspecified atom stereocenters. The first-order valence-corrected chi connectivity index (χ1v) is 7.87. The average Bonchev–Trinajstić information content (AvgIpc) is 2.54. The molecule has 0 aliphatic carbocycles. The summed E-state index contributed by atoms with van der Waals surface area (Å²) in [7, 11) is 0. The van der Waals surface area contributed by atoms with Crippen molar-refractivity contribution in [1.82, 2.24) is 5.32 Å². The highest BCUT2D eigenvalue weighted by Crippen LogP contribution is 2.18. The Balaban J connectivity index is 1.69. The largest absolute Gasteiger partial charge is 0.494 e. The maximum atomic E-state index is 5.75. The van der Waals surface area contributed by atoms with Crippen LogP contribution in [-0.2, 0) is 6.61 Å². The first kappa shape index (κ1) is 16.4. The Morgan fingerprint density at radius 1 is 0.864 bits per heavy atom. The summed E-state index contributed by atoms with van der Waals surface area (Å²) >= 11 is 0. The van der Waals surface area contributed by atoms with Crippen molar-refractivity contribution in [3.63, 3.8) is 0 Å². The summed E-state index contributed by atoms with van der Waals surface area (Å²) in [5.74, 6) is 1.74. The zero-order chi connectivity index (χ0) is 15.6. The third-order valence-corrected chi connectivity index (χ3v) is 3.21. The van der Waals surface area contributed by atoms with E-state index in [1.54, 1.807) is 0 Å². The molecule has 2 aromatic rings. The summed E-state index contributed by atoms with van der Waals surface area (Å²) in [5, 5.41) is 3.37. The van der Waals surface area contributed by atoms with Gasteiger partial charge < -0.3 is 14.8 Å². The summed E-state index contributed by atoms with van der Waals surface area (Å²) in [4.78, 5) is 0. The van der Waals surface area contributed by atoms with Gasteiger partial charge in [-0.05, 0) is 42.8 Å². The Morgan fingerprint density at radius 2 is 1.50 bits per heavy atom. The van der Waals surface area contributed by atoms with Crippen LogP contribution in [0, 0.1) is 0 Å². The fraction of sp³-hybridized carbons (Fsp3) is 0.368. The number of nitrogens with one attached hydrogen (secondary N) is 1. The maximum absolute atomic E-state index is 5.75. The van der Waals surface area contributed by atoms with E-state index in [-0.39, 0.29) is 0 Å². The molecule has 0 aromatic heterocycles. The second-order valence-corrected chi connectivity index (χ2v) is 5.56. The minimum atomic E-state index is 0.529. The van der Waals surface area contributed by atoms with Gasteiger partial charge in [-0.3, -0.25) is 0 Å². The summed E-state index contributed by atoms with van der Waals surface area (Å²) in [6.07, 6.45) is 1.00. The van der Waals surface area contributed by atoms with Crippen molar-refractivity contribution in [3.8, 4) is 11.5 Å². The minimum absolute atomic E-state index is 0.529. The van der Waals surface area contributed by atoms with Gasteiger partial charge in [-0.15, -0.1) is 0 Å². The molecule has 0 aliphatic heterocycles. The van der Waals surface area contributed by atoms with Gasteiger partial charge >= 0.3 is 0 Å². The van der Waals surface area contributed by atoms with E-state index in [0.717, 1.165) is 31.1 Å². The lowest BCUT2D eigenvalue weighted by Crippen LogP contribution is -2.24. The molecule has 0 atom stereocenters. The molecular weight excluding hydrogens is 274 g/mol. The van der Waals surface area contributed by atoms with Crippen LogP contribution in [0.25, 0.3) is 0 Å². The van der Waals surface area contributed by atoms with E-state index >= 15 is 0 Å².